The third-order valence-corrected chi connectivity index (χ3v) is 4.91. The van der Waals surface area contributed by atoms with Crippen molar-refractivity contribution in [2.24, 2.45) is 22.0 Å². The second-order valence-corrected chi connectivity index (χ2v) is 7.63. The average molecular weight is 398 g/mol. The van der Waals surface area contributed by atoms with E-state index < -0.39 is 5.82 Å². The zero-order valence-corrected chi connectivity index (χ0v) is 16.8. The summed E-state index contributed by atoms with van der Waals surface area (Å²) in [5.74, 6) is -0.0955. The number of aromatic nitrogens is 2. The molecule has 1 aromatic heterocycles. The summed E-state index contributed by atoms with van der Waals surface area (Å²) < 4.78 is 14.9. The maximum absolute atomic E-state index is 14.9. The molecule has 0 radical (unpaired) electrons. The van der Waals surface area contributed by atoms with Crippen LogP contribution >= 0.6 is 0 Å². The summed E-state index contributed by atoms with van der Waals surface area (Å²) in [5.41, 5.74) is 15.7. The highest BCUT2D eigenvalue weighted by molar-refractivity contribution is 6.03. The van der Waals surface area contributed by atoms with Crippen molar-refractivity contribution in [3.8, 4) is 0 Å². The lowest BCUT2D eigenvalue weighted by atomic mass is 9.98. The molecule has 0 atom stereocenters. The van der Waals surface area contributed by atoms with Gasteiger partial charge in [-0.15, -0.1) is 5.10 Å². The van der Waals surface area contributed by atoms with Crippen LogP contribution in [0.4, 0.5) is 10.1 Å². The number of anilines is 1. The number of halogens is 1. The smallest absolute Gasteiger partial charge is 0.160 e. The molecule has 3 N–H and O–H groups in total. The Morgan fingerprint density at radius 1 is 1.28 bits per heavy atom. The third kappa shape index (κ3) is 5.32. The molecule has 0 saturated carbocycles. The van der Waals surface area contributed by atoms with Crippen molar-refractivity contribution in [2.75, 3.05) is 31.1 Å². The average Bonchev–Trinajstić information content (AvgIpc) is 2.68. The minimum absolute atomic E-state index is 0.0782. The van der Waals surface area contributed by atoms with E-state index in [0.29, 0.717) is 11.6 Å². The highest BCUT2D eigenvalue weighted by atomic mass is 19.1. The van der Waals surface area contributed by atoms with Crippen LogP contribution in [0.5, 0.6) is 0 Å². The molecule has 0 amide bonds. The molecule has 1 saturated heterocycles. The lowest BCUT2D eigenvalue weighted by molar-refractivity contribution is 0.246. The lowest BCUT2D eigenvalue weighted by Crippen LogP contribution is -2.46. The Hall–Kier alpha value is -2.94. The number of nitrogens with one attached hydrogen (secondary N) is 1. The van der Waals surface area contributed by atoms with Gasteiger partial charge in [0.15, 0.2) is 5.84 Å². The van der Waals surface area contributed by atoms with Crippen LogP contribution in [0.2, 0.25) is 0 Å². The molecule has 1 aromatic carbocycles. The minimum Gasteiger partial charge on any atom is -0.382 e. The van der Waals surface area contributed by atoms with Crippen LogP contribution in [0, 0.1) is 17.3 Å². The molecule has 0 spiro atoms. The fraction of sp³-hybridized carbons (Fsp3) is 0.450. The topological polar surface area (TPSA) is 107 Å². The SMILES string of the molecule is CC(C)Cc1cc(F)c(C(N)=NN=N)c(N2CCN(Cc3cccnn3)CC2)c1. The van der Waals surface area contributed by atoms with Crippen molar-refractivity contribution in [1.82, 2.24) is 15.1 Å². The second-order valence-electron chi connectivity index (χ2n) is 7.63. The van der Waals surface area contributed by atoms with Crippen molar-refractivity contribution in [3.63, 3.8) is 0 Å². The molecule has 8 nitrogen and oxygen atoms in total. The number of amidine groups is 1. The first-order valence-corrected chi connectivity index (χ1v) is 9.74. The van der Waals surface area contributed by atoms with Crippen LogP contribution in [0.3, 0.4) is 0 Å². The molecule has 1 fully saturated rings. The van der Waals surface area contributed by atoms with Gasteiger partial charge in [0, 0.05) is 38.9 Å². The Bertz CT molecular complexity index is 860. The van der Waals surface area contributed by atoms with E-state index in [1.165, 1.54) is 6.07 Å². The van der Waals surface area contributed by atoms with Crippen molar-refractivity contribution >= 4 is 11.5 Å². The molecular weight excluding hydrogens is 371 g/mol. The Labute approximate surface area is 170 Å². The molecule has 2 aromatic rings. The standard InChI is InChI=1S/C20H27FN8/c1-14(2)10-15-11-17(21)19(20(22)26-27-23)18(12-15)29-8-6-28(7-9-29)13-16-4-3-5-24-25-16/h3-5,11-12,14H,6-10,13H2,1-2H3,(H3,22,23,26). The second kappa shape index (κ2) is 9.51. The largest absolute Gasteiger partial charge is 0.382 e. The van der Waals surface area contributed by atoms with Crippen LogP contribution < -0.4 is 10.6 Å². The fourth-order valence-corrected chi connectivity index (χ4v) is 3.64. The van der Waals surface area contributed by atoms with Crippen molar-refractivity contribution in [2.45, 2.75) is 26.8 Å². The number of hydrogen-bond acceptors (Lipinski definition) is 6. The monoisotopic (exact) mass is 398 g/mol. The van der Waals surface area contributed by atoms with E-state index in [2.05, 4.69) is 44.2 Å². The summed E-state index contributed by atoms with van der Waals surface area (Å²) in [4.78, 5) is 4.42. The Morgan fingerprint density at radius 3 is 2.66 bits per heavy atom. The Kier molecular flexibility index (Phi) is 6.82. The fourth-order valence-electron chi connectivity index (χ4n) is 3.64. The number of piperazine rings is 1. The number of benzene rings is 1. The number of nitrogens with two attached hydrogens (primary N) is 1. The molecule has 2 heterocycles. The van der Waals surface area contributed by atoms with E-state index in [-0.39, 0.29) is 11.4 Å². The van der Waals surface area contributed by atoms with E-state index in [1.807, 2.05) is 18.2 Å². The molecule has 3 rings (SSSR count). The van der Waals surface area contributed by atoms with E-state index in [9.17, 15) is 4.39 Å². The van der Waals surface area contributed by atoms with Gasteiger partial charge >= 0.3 is 0 Å². The highest BCUT2D eigenvalue weighted by Crippen LogP contribution is 2.28. The zero-order chi connectivity index (χ0) is 20.8. The summed E-state index contributed by atoms with van der Waals surface area (Å²) in [6.45, 7) is 8.01. The van der Waals surface area contributed by atoms with Gasteiger partial charge in [-0.1, -0.05) is 19.1 Å². The first kappa shape index (κ1) is 20.8. The lowest BCUT2D eigenvalue weighted by Gasteiger charge is -2.37. The molecule has 0 aliphatic carbocycles. The first-order chi connectivity index (χ1) is 14.0. The van der Waals surface area contributed by atoms with Crippen molar-refractivity contribution in [3.05, 3.63) is 53.1 Å². The van der Waals surface area contributed by atoms with Crippen LogP contribution in [-0.4, -0.2) is 47.1 Å². The Morgan fingerprint density at radius 2 is 2.03 bits per heavy atom. The number of nitrogens with zero attached hydrogens (tertiary/aromatic N) is 6. The maximum atomic E-state index is 14.9. The molecule has 29 heavy (non-hydrogen) atoms. The van der Waals surface area contributed by atoms with Crippen LogP contribution in [0.1, 0.15) is 30.7 Å². The van der Waals surface area contributed by atoms with Crippen LogP contribution in [0.25, 0.3) is 0 Å². The van der Waals surface area contributed by atoms with E-state index in [1.54, 1.807) is 6.20 Å². The van der Waals surface area contributed by atoms with Crippen LogP contribution in [0.15, 0.2) is 40.8 Å². The van der Waals surface area contributed by atoms with Gasteiger partial charge in [-0.25, -0.2) is 4.39 Å². The predicted octanol–water partition coefficient (Wildman–Crippen LogP) is 2.79. The molecule has 1 aliphatic heterocycles. The van der Waals surface area contributed by atoms with E-state index >= 15 is 0 Å². The van der Waals surface area contributed by atoms with Crippen LogP contribution in [-0.2, 0) is 13.0 Å². The normalized spacial score (nSPS) is 15.7. The van der Waals surface area contributed by atoms with E-state index in [4.69, 9.17) is 11.3 Å². The Balaban J connectivity index is 1.82. The predicted molar refractivity (Wildman–Crippen MR) is 110 cm³/mol. The molecule has 1 aliphatic rings. The van der Waals surface area contributed by atoms with Gasteiger partial charge < -0.3 is 10.6 Å². The van der Waals surface area contributed by atoms with Crippen molar-refractivity contribution < 1.29 is 4.39 Å². The van der Waals surface area contributed by atoms with Gasteiger partial charge in [0.05, 0.1) is 16.9 Å². The quantitative estimate of drug-likeness (QED) is 0.323. The number of hydrogen-bond donors (Lipinski definition) is 2. The first-order valence-electron chi connectivity index (χ1n) is 9.74. The zero-order valence-electron chi connectivity index (χ0n) is 16.8. The summed E-state index contributed by atoms with van der Waals surface area (Å²) >= 11 is 0. The third-order valence-electron chi connectivity index (χ3n) is 4.91. The minimum atomic E-state index is -0.426. The molecular formula is C20H27FN8. The van der Waals surface area contributed by atoms with Gasteiger partial charge in [-0.05, 0) is 42.2 Å². The summed E-state index contributed by atoms with van der Waals surface area (Å²) in [6.07, 6.45) is 2.44. The molecule has 9 heteroatoms. The summed E-state index contributed by atoms with van der Waals surface area (Å²) in [5, 5.41) is 14.6. The summed E-state index contributed by atoms with van der Waals surface area (Å²) in [6, 6.07) is 7.34. The van der Waals surface area contributed by atoms with Gasteiger partial charge in [-0.2, -0.15) is 15.7 Å². The number of rotatable bonds is 7. The van der Waals surface area contributed by atoms with Gasteiger partial charge in [0.1, 0.15) is 5.82 Å². The van der Waals surface area contributed by atoms with Gasteiger partial charge in [-0.3, -0.25) is 4.90 Å². The van der Waals surface area contributed by atoms with Crippen molar-refractivity contribution in [1.29, 1.82) is 5.53 Å². The van der Waals surface area contributed by atoms with Gasteiger partial charge in [0.25, 0.3) is 0 Å². The summed E-state index contributed by atoms with van der Waals surface area (Å²) in [7, 11) is 0. The molecule has 0 bridgehead atoms. The van der Waals surface area contributed by atoms with E-state index in [0.717, 1.165) is 50.4 Å². The molecule has 154 valence electrons. The van der Waals surface area contributed by atoms with Gasteiger partial charge in [0.2, 0.25) is 0 Å². The maximum Gasteiger partial charge on any atom is 0.160 e. The molecule has 0 unspecified atom stereocenters. The highest BCUT2D eigenvalue weighted by Gasteiger charge is 2.24.